The zero-order valence-corrected chi connectivity index (χ0v) is 7.46. The lowest BCUT2D eigenvalue weighted by Crippen LogP contribution is -2.32. The molecule has 12 heavy (non-hydrogen) atoms. The van der Waals surface area contributed by atoms with Crippen LogP contribution >= 0.6 is 0 Å². The molecule has 0 amide bonds. The van der Waals surface area contributed by atoms with Crippen molar-refractivity contribution in [1.29, 1.82) is 0 Å². The molecule has 0 N–H and O–H groups in total. The highest BCUT2D eigenvalue weighted by Gasteiger charge is 2.51. The molecule has 3 aliphatic carbocycles. The second kappa shape index (κ2) is 2.34. The summed E-state index contributed by atoms with van der Waals surface area (Å²) in [7, 11) is 0. The Labute approximate surface area is 73.5 Å². The van der Waals surface area contributed by atoms with Crippen LogP contribution in [0.1, 0.15) is 38.5 Å². The smallest absolute Gasteiger partial charge is 0.136 e. The molecule has 0 saturated heterocycles. The predicted molar refractivity (Wildman–Crippen MR) is 46.7 cm³/mol. The molecule has 0 radical (unpaired) electrons. The minimum Gasteiger partial charge on any atom is -0.299 e. The average Bonchev–Trinajstić information content (AvgIpc) is 2.64. The van der Waals surface area contributed by atoms with E-state index in [1.165, 1.54) is 32.1 Å². The van der Waals surface area contributed by atoms with Gasteiger partial charge in [0.2, 0.25) is 0 Å². The molecule has 0 spiro atoms. The summed E-state index contributed by atoms with van der Waals surface area (Å²) in [6.45, 7) is 0. The number of hydrogen-bond acceptors (Lipinski definition) is 1. The van der Waals surface area contributed by atoms with Crippen LogP contribution in [0.5, 0.6) is 0 Å². The fraction of sp³-hybridized carbons (Fsp3) is 0.909. The van der Waals surface area contributed by atoms with E-state index in [0.717, 1.165) is 24.2 Å². The van der Waals surface area contributed by atoms with Gasteiger partial charge in [-0.15, -0.1) is 0 Å². The second-order valence-corrected chi connectivity index (χ2v) is 4.88. The molecule has 0 aromatic carbocycles. The lowest BCUT2D eigenvalue weighted by Gasteiger charge is -2.33. The Morgan fingerprint density at radius 1 is 1.08 bits per heavy atom. The monoisotopic (exact) mass is 164 g/mol. The molecule has 2 bridgehead atoms. The lowest BCUT2D eigenvalue weighted by molar-refractivity contribution is -0.128. The Balaban J connectivity index is 1.91. The van der Waals surface area contributed by atoms with E-state index in [2.05, 4.69) is 0 Å². The average molecular weight is 164 g/mol. The summed E-state index contributed by atoms with van der Waals surface area (Å²) in [6, 6.07) is 0. The van der Waals surface area contributed by atoms with Gasteiger partial charge < -0.3 is 0 Å². The van der Waals surface area contributed by atoms with Gasteiger partial charge in [-0.25, -0.2) is 0 Å². The largest absolute Gasteiger partial charge is 0.299 e. The first-order chi connectivity index (χ1) is 5.86. The van der Waals surface area contributed by atoms with Crippen LogP contribution in [0.15, 0.2) is 0 Å². The van der Waals surface area contributed by atoms with Gasteiger partial charge in [-0.05, 0) is 49.9 Å². The fourth-order valence-electron chi connectivity index (χ4n) is 4.01. The number of carbonyl (C=O) groups excluding carboxylic acids is 1. The van der Waals surface area contributed by atoms with Crippen molar-refractivity contribution in [3.05, 3.63) is 0 Å². The molecule has 1 heteroatoms. The highest BCUT2D eigenvalue weighted by molar-refractivity contribution is 5.82. The number of ketones is 1. The van der Waals surface area contributed by atoms with Crippen LogP contribution < -0.4 is 0 Å². The SMILES string of the molecule is O=C1CCCC2C3CCC(C3)C12. The van der Waals surface area contributed by atoms with E-state index in [0.29, 0.717) is 11.7 Å². The third-order valence-corrected chi connectivity index (χ3v) is 4.42. The highest BCUT2D eigenvalue weighted by atomic mass is 16.1. The predicted octanol–water partition coefficient (Wildman–Crippen LogP) is 2.40. The van der Waals surface area contributed by atoms with Crippen LogP contribution in [0.2, 0.25) is 0 Å². The molecule has 0 aliphatic heterocycles. The summed E-state index contributed by atoms with van der Waals surface area (Å²) < 4.78 is 0. The Morgan fingerprint density at radius 2 is 1.92 bits per heavy atom. The summed E-state index contributed by atoms with van der Waals surface area (Å²) in [5.41, 5.74) is 0. The first-order valence-corrected chi connectivity index (χ1v) is 5.39. The van der Waals surface area contributed by atoms with Crippen LogP contribution in [-0.2, 0) is 4.79 Å². The van der Waals surface area contributed by atoms with Gasteiger partial charge in [-0.3, -0.25) is 4.79 Å². The quantitative estimate of drug-likeness (QED) is 0.537. The van der Waals surface area contributed by atoms with E-state index in [-0.39, 0.29) is 0 Å². The van der Waals surface area contributed by atoms with Crippen molar-refractivity contribution in [3.8, 4) is 0 Å². The van der Waals surface area contributed by atoms with Crippen LogP contribution in [0.4, 0.5) is 0 Å². The van der Waals surface area contributed by atoms with E-state index in [4.69, 9.17) is 0 Å². The topological polar surface area (TPSA) is 17.1 Å². The molecular weight excluding hydrogens is 148 g/mol. The normalized spacial score (nSPS) is 51.2. The van der Waals surface area contributed by atoms with Crippen molar-refractivity contribution >= 4 is 5.78 Å². The molecule has 3 fully saturated rings. The van der Waals surface area contributed by atoms with E-state index < -0.39 is 0 Å². The van der Waals surface area contributed by atoms with Crippen molar-refractivity contribution in [2.24, 2.45) is 23.7 Å². The van der Waals surface area contributed by atoms with Crippen molar-refractivity contribution in [2.45, 2.75) is 38.5 Å². The minimum absolute atomic E-state index is 0.525. The summed E-state index contributed by atoms with van der Waals surface area (Å²) in [4.78, 5) is 11.7. The van der Waals surface area contributed by atoms with Gasteiger partial charge in [0.15, 0.2) is 0 Å². The van der Waals surface area contributed by atoms with E-state index >= 15 is 0 Å². The number of Topliss-reactive ketones (excluding diaryl/α,β-unsaturated/α-hetero) is 1. The molecular formula is C11H16O. The zero-order valence-electron chi connectivity index (χ0n) is 7.46. The molecule has 3 saturated carbocycles. The Hall–Kier alpha value is -0.330. The van der Waals surface area contributed by atoms with Gasteiger partial charge in [-0.2, -0.15) is 0 Å². The lowest BCUT2D eigenvalue weighted by atomic mass is 9.70. The first-order valence-electron chi connectivity index (χ1n) is 5.39. The Morgan fingerprint density at radius 3 is 2.75 bits per heavy atom. The first kappa shape index (κ1) is 7.11. The maximum atomic E-state index is 11.7. The maximum absolute atomic E-state index is 11.7. The second-order valence-electron chi connectivity index (χ2n) is 4.88. The molecule has 1 nitrogen and oxygen atoms in total. The molecule has 4 unspecified atom stereocenters. The number of fused-ring (bicyclic) bond motifs is 5. The third-order valence-electron chi connectivity index (χ3n) is 4.42. The van der Waals surface area contributed by atoms with Gasteiger partial charge in [0, 0.05) is 12.3 Å². The van der Waals surface area contributed by atoms with Crippen LogP contribution in [-0.4, -0.2) is 5.78 Å². The van der Waals surface area contributed by atoms with Gasteiger partial charge in [-0.1, -0.05) is 0 Å². The third kappa shape index (κ3) is 0.773. The zero-order chi connectivity index (χ0) is 8.13. The fourth-order valence-corrected chi connectivity index (χ4v) is 4.01. The van der Waals surface area contributed by atoms with Crippen molar-refractivity contribution in [2.75, 3.05) is 0 Å². The van der Waals surface area contributed by atoms with E-state index in [1.54, 1.807) is 0 Å². The molecule has 0 heterocycles. The van der Waals surface area contributed by atoms with E-state index in [9.17, 15) is 4.79 Å². The van der Waals surface area contributed by atoms with Crippen LogP contribution in [0.3, 0.4) is 0 Å². The Kier molecular flexibility index (Phi) is 1.38. The van der Waals surface area contributed by atoms with Crippen molar-refractivity contribution < 1.29 is 4.79 Å². The highest BCUT2D eigenvalue weighted by Crippen LogP contribution is 2.56. The molecule has 0 aromatic heterocycles. The summed E-state index contributed by atoms with van der Waals surface area (Å²) in [6.07, 6.45) is 7.61. The van der Waals surface area contributed by atoms with Crippen LogP contribution in [0.25, 0.3) is 0 Å². The molecule has 3 aliphatic rings. The molecule has 3 rings (SSSR count). The Bertz CT molecular complexity index is 221. The van der Waals surface area contributed by atoms with Crippen molar-refractivity contribution in [3.63, 3.8) is 0 Å². The van der Waals surface area contributed by atoms with Crippen LogP contribution in [0, 0.1) is 23.7 Å². The van der Waals surface area contributed by atoms with Gasteiger partial charge in [0.05, 0.1) is 0 Å². The van der Waals surface area contributed by atoms with Gasteiger partial charge >= 0.3 is 0 Å². The molecule has 4 atom stereocenters. The summed E-state index contributed by atoms with van der Waals surface area (Å²) >= 11 is 0. The molecule has 0 aromatic rings. The number of hydrogen-bond donors (Lipinski definition) is 0. The number of carbonyl (C=O) groups is 1. The van der Waals surface area contributed by atoms with Gasteiger partial charge in [0.1, 0.15) is 5.78 Å². The van der Waals surface area contributed by atoms with Gasteiger partial charge in [0.25, 0.3) is 0 Å². The van der Waals surface area contributed by atoms with Crippen molar-refractivity contribution in [1.82, 2.24) is 0 Å². The molecule has 66 valence electrons. The summed E-state index contributed by atoms with van der Waals surface area (Å²) in [5, 5.41) is 0. The van der Waals surface area contributed by atoms with E-state index in [1.807, 2.05) is 0 Å². The number of rotatable bonds is 0. The standard InChI is InChI=1S/C11H16O/c12-10-3-1-2-9-7-4-5-8(6-7)11(9)10/h7-9,11H,1-6H2. The maximum Gasteiger partial charge on any atom is 0.136 e. The summed E-state index contributed by atoms with van der Waals surface area (Å²) in [5.74, 6) is 3.72. The minimum atomic E-state index is 0.525.